The van der Waals surface area contributed by atoms with Crippen LogP contribution < -0.4 is 5.32 Å². The standard InChI is InChI=1S/C13H17BrN2O3/c1-13(2)8-10(5-6-19-13)15-9-3-4-11(14)12(7-9)16(17)18/h3-4,7,10,15H,5-6,8H2,1-2H3. The van der Waals surface area contributed by atoms with Crippen LogP contribution in [0.5, 0.6) is 0 Å². The zero-order chi connectivity index (χ0) is 14.0. The van der Waals surface area contributed by atoms with Gasteiger partial charge in [0.25, 0.3) is 5.69 Å². The van der Waals surface area contributed by atoms with Crippen molar-refractivity contribution in [1.82, 2.24) is 0 Å². The van der Waals surface area contributed by atoms with Crippen molar-refractivity contribution in [2.75, 3.05) is 11.9 Å². The molecule has 5 nitrogen and oxygen atoms in total. The minimum absolute atomic E-state index is 0.0799. The number of nitrogens with zero attached hydrogens (tertiary/aromatic N) is 1. The molecule has 1 heterocycles. The molecule has 0 saturated carbocycles. The van der Waals surface area contributed by atoms with Crippen LogP contribution in [-0.2, 0) is 4.74 Å². The molecule has 1 fully saturated rings. The zero-order valence-electron chi connectivity index (χ0n) is 11.0. The molecule has 1 aromatic carbocycles. The van der Waals surface area contributed by atoms with E-state index >= 15 is 0 Å². The van der Waals surface area contributed by atoms with E-state index in [-0.39, 0.29) is 22.3 Å². The van der Waals surface area contributed by atoms with Crippen LogP contribution in [0.4, 0.5) is 11.4 Å². The maximum atomic E-state index is 10.9. The van der Waals surface area contributed by atoms with E-state index in [9.17, 15) is 10.1 Å². The van der Waals surface area contributed by atoms with E-state index in [1.807, 2.05) is 6.07 Å². The summed E-state index contributed by atoms with van der Waals surface area (Å²) >= 11 is 3.18. The summed E-state index contributed by atoms with van der Waals surface area (Å²) < 4.78 is 6.15. The Bertz CT molecular complexity index is 491. The van der Waals surface area contributed by atoms with Gasteiger partial charge in [-0.3, -0.25) is 10.1 Å². The molecule has 1 aliphatic rings. The summed E-state index contributed by atoms with van der Waals surface area (Å²) in [6.45, 7) is 4.83. The molecule has 19 heavy (non-hydrogen) atoms. The topological polar surface area (TPSA) is 64.4 Å². The Kier molecular flexibility index (Phi) is 4.10. The maximum Gasteiger partial charge on any atom is 0.285 e. The van der Waals surface area contributed by atoms with Gasteiger partial charge in [-0.15, -0.1) is 0 Å². The molecule has 1 atom stereocenters. The molecule has 0 aromatic heterocycles. The molecule has 0 spiro atoms. The van der Waals surface area contributed by atoms with E-state index in [4.69, 9.17) is 4.74 Å². The second-order valence-corrected chi connectivity index (χ2v) is 6.22. The molecule has 1 aliphatic heterocycles. The lowest BCUT2D eigenvalue weighted by atomic mass is 9.94. The second-order valence-electron chi connectivity index (χ2n) is 5.37. The third-order valence-electron chi connectivity index (χ3n) is 3.21. The molecule has 0 bridgehead atoms. The number of halogens is 1. The zero-order valence-corrected chi connectivity index (χ0v) is 12.6. The molecular weight excluding hydrogens is 312 g/mol. The molecule has 2 rings (SSSR count). The predicted molar refractivity (Wildman–Crippen MR) is 77.5 cm³/mol. The van der Waals surface area contributed by atoms with Crippen LogP contribution >= 0.6 is 15.9 Å². The molecular formula is C13H17BrN2O3. The van der Waals surface area contributed by atoms with E-state index in [0.717, 1.165) is 18.5 Å². The Hall–Kier alpha value is -1.14. The highest BCUT2D eigenvalue weighted by molar-refractivity contribution is 9.10. The van der Waals surface area contributed by atoms with Gasteiger partial charge in [0.1, 0.15) is 0 Å². The maximum absolute atomic E-state index is 10.9. The fourth-order valence-corrected chi connectivity index (χ4v) is 2.72. The molecule has 1 aromatic rings. The highest BCUT2D eigenvalue weighted by atomic mass is 79.9. The molecule has 1 unspecified atom stereocenters. The Balaban J connectivity index is 2.11. The van der Waals surface area contributed by atoms with Gasteiger partial charge in [-0.25, -0.2) is 0 Å². The van der Waals surface area contributed by atoms with Gasteiger partial charge >= 0.3 is 0 Å². The van der Waals surface area contributed by atoms with E-state index < -0.39 is 0 Å². The smallest absolute Gasteiger partial charge is 0.285 e. The Morgan fingerprint density at radius 2 is 2.26 bits per heavy atom. The minimum atomic E-state index is -0.386. The Labute approximate surface area is 120 Å². The number of anilines is 1. The van der Waals surface area contributed by atoms with Crippen molar-refractivity contribution >= 4 is 27.3 Å². The van der Waals surface area contributed by atoms with Crippen LogP contribution in [0.2, 0.25) is 0 Å². The summed E-state index contributed by atoms with van der Waals surface area (Å²) in [7, 11) is 0. The van der Waals surface area contributed by atoms with Crippen LogP contribution in [-0.4, -0.2) is 23.2 Å². The third kappa shape index (κ3) is 3.67. The second kappa shape index (κ2) is 5.46. The highest BCUT2D eigenvalue weighted by Gasteiger charge is 2.28. The third-order valence-corrected chi connectivity index (χ3v) is 3.88. The van der Waals surface area contributed by atoms with Crippen molar-refractivity contribution in [1.29, 1.82) is 0 Å². The van der Waals surface area contributed by atoms with Gasteiger partial charge in [0.05, 0.1) is 15.0 Å². The first-order valence-electron chi connectivity index (χ1n) is 6.22. The number of nitro benzene ring substituents is 1. The SMILES string of the molecule is CC1(C)CC(Nc2ccc(Br)c([N+](=O)[O-])c2)CCO1. The molecule has 6 heteroatoms. The van der Waals surface area contributed by atoms with Gasteiger partial charge in [0, 0.05) is 24.4 Å². The number of nitrogens with one attached hydrogen (secondary N) is 1. The molecule has 104 valence electrons. The lowest BCUT2D eigenvalue weighted by Gasteiger charge is -2.36. The van der Waals surface area contributed by atoms with Crippen LogP contribution in [0.15, 0.2) is 22.7 Å². The van der Waals surface area contributed by atoms with E-state index in [0.29, 0.717) is 11.1 Å². The summed E-state index contributed by atoms with van der Waals surface area (Å²) in [6, 6.07) is 5.39. The van der Waals surface area contributed by atoms with Gasteiger partial charge in [-0.2, -0.15) is 0 Å². The number of hydrogen-bond donors (Lipinski definition) is 1. The first kappa shape index (κ1) is 14.3. The minimum Gasteiger partial charge on any atom is -0.382 e. The van der Waals surface area contributed by atoms with E-state index in [1.165, 1.54) is 0 Å². The van der Waals surface area contributed by atoms with Gasteiger partial charge < -0.3 is 10.1 Å². The van der Waals surface area contributed by atoms with Gasteiger partial charge in [0.2, 0.25) is 0 Å². The number of hydrogen-bond acceptors (Lipinski definition) is 4. The van der Waals surface area contributed by atoms with Gasteiger partial charge in [0.15, 0.2) is 0 Å². The van der Waals surface area contributed by atoms with Crippen LogP contribution in [0.1, 0.15) is 26.7 Å². The van der Waals surface area contributed by atoms with Crippen molar-refractivity contribution in [3.05, 3.63) is 32.8 Å². The number of rotatable bonds is 3. The number of nitro groups is 1. The average Bonchev–Trinajstić information content (AvgIpc) is 2.30. The predicted octanol–water partition coefficient (Wildman–Crippen LogP) is 3.73. The lowest BCUT2D eigenvalue weighted by Crippen LogP contribution is -2.40. The highest BCUT2D eigenvalue weighted by Crippen LogP contribution is 2.30. The summed E-state index contributed by atoms with van der Waals surface area (Å²) in [4.78, 5) is 10.5. The largest absolute Gasteiger partial charge is 0.382 e. The Morgan fingerprint density at radius 1 is 1.53 bits per heavy atom. The molecule has 0 amide bonds. The molecule has 1 N–H and O–H groups in total. The van der Waals surface area contributed by atoms with Crippen molar-refractivity contribution < 1.29 is 9.66 Å². The Morgan fingerprint density at radius 3 is 2.89 bits per heavy atom. The van der Waals surface area contributed by atoms with Crippen molar-refractivity contribution in [3.63, 3.8) is 0 Å². The van der Waals surface area contributed by atoms with Crippen LogP contribution in [0.3, 0.4) is 0 Å². The summed E-state index contributed by atoms with van der Waals surface area (Å²) in [5.41, 5.74) is 0.714. The fraction of sp³-hybridized carbons (Fsp3) is 0.538. The fourth-order valence-electron chi connectivity index (χ4n) is 2.33. The van der Waals surface area contributed by atoms with Crippen molar-refractivity contribution in [2.45, 2.75) is 38.3 Å². The van der Waals surface area contributed by atoms with Crippen LogP contribution in [0.25, 0.3) is 0 Å². The summed E-state index contributed by atoms with van der Waals surface area (Å²) in [5, 5.41) is 14.3. The van der Waals surface area contributed by atoms with E-state index in [1.54, 1.807) is 12.1 Å². The summed E-state index contributed by atoms with van der Waals surface area (Å²) in [6.07, 6.45) is 1.80. The number of ether oxygens (including phenoxy) is 1. The first-order valence-corrected chi connectivity index (χ1v) is 7.01. The van der Waals surface area contributed by atoms with Crippen molar-refractivity contribution in [2.24, 2.45) is 0 Å². The molecule has 0 aliphatic carbocycles. The lowest BCUT2D eigenvalue weighted by molar-refractivity contribution is -0.385. The summed E-state index contributed by atoms with van der Waals surface area (Å²) in [5.74, 6) is 0. The molecule has 1 saturated heterocycles. The van der Waals surface area contributed by atoms with Crippen molar-refractivity contribution in [3.8, 4) is 0 Å². The quantitative estimate of drug-likeness (QED) is 0.678. The van der Waals surface area contributed by atoms with Gasteiger partial charge in [-0.1, -0.05) is 0 Å². The molecule has 0 radical (unpaired) electrons. The normalized spacial score (nSPS) is 21.9. The van der Waals surface area contributed by atoms with Crippen LogP contribution in [0, 0.1) is 10.1 Å². The average molecular weight is 329 g/mol. The number of benzene rings is 1. The van der Waals surface area contributed by atoms with E-state index in [2.05, 4.69) is 35.1 Å². The first-order chi connectivity index (χ1) is 8.87. The van der Waals surface area contributed by atoms with Gasteiger partial charge in [-0.05, 0) is 54.8 Å². The monoisotopic (exact) mass is 328 g/mol.